The highest BCUT2D eigenvalue weighted by atomic mass is 32.2. The first kappa shape index (κ1) is 22.2. The van der Waals surface area contributed by atoms with E-state index in [1.807, 2.05) is 43.3 Å². The molecule has 0 fully saturated rings. The van der Waals surface area contributed by atoms with Gasteiger partial charge in [-0.1, -0.05) is 29.5 Å². The molecule has 0 bridgehead atoms. The van der Waals surface area contributed by atoms with E-state index < -0.39 is 5.91 Å². The van der Waals surface area contributed by atoms with Crippen molar-refractivity contribution in [3.63, 3.8) is 0 Å². The largest absolute Gasteiger partial charge is 0.493 e. The Morgan fingerprint density at radius 2 is 2.09 bits per heavy atom. The van der Waals surface area contributed by atoms with Crippen molar-refractivity contribution in [3.8, 4) is 16.6 Å². The molecule has 5 rings (SSSR count). The van der Waals surface area contributed by atoms with Crippen molar-refractivity contribution in [1.29, 1.82) is 0 Å². The third-order valence-corrected chi connectivity index (χ3v) is 7.61. The lowest BCUT2D eigenvalue weighted by Crippen LogP contribution is -2.20. The molecule has 11 heteroatoms. The smallest absolute Gasteiger partial charge is 0.255 e. The molecule has 0 aliphatic carbocycles. The summed E-state index contributed by atoms with van der Waals surface area (Å²) in [5.41, 5.74) is 8.69. The highest BCUT2D eigenvalue weighted by molar-refractivity contribution is 8.00. The monoisotopic (exact) mass is 495 g/mol. The lowest BCUT2D eigenvalue weighted by molar-refractivity contribution is -0.120. The van der Waals surface area contributed by atoms with E-state index in [2.05, 4.69) is 5.32 Å². The van der Waals surface area contributed by atoms with Crippen LogP contribution in [-0.2, 0) is 9.59 Å². The number of amides is 2. The second-order valence-corrected chi connectivity index (χ2v) is 9.73. The number of ether oxygens (including phenoxy) is 2. The van der Waals surface area contributed by atoms with E-state index in [1.165, 1.54) is 30.2 Å². The molecular weight excluding hydrogens is 474 g/mol. The molecule has 4 aromatic rings. The van der Waals surface area contributed by atoms with Crippen LogP contribution < -0.4 is 20.5 Å². The zero-order valence-corrected chi connectivity index (χ0v) is 20.0. The number of hydrogen-bond acceptors (Lipinski definition) is 8. The van der Waals surface area contributed by atoms with Gasteiger partial charge in [0.1, 0.15) is 5.82 Å². The molecule has 3 heterocycles. The number of nitrogens with zero attached hydrogens (tertiary/aromatic N) is 3. The zero-order chi connectivity index (χ0) is 23.8. The standard InChI is InChI=1S/C23H21N5O4S2/c1-12-20-21(13-7-8-15(16(9-13)31-2)32-10-18(24)29)33-11-19(30)26-22(20)28(27-12)23-25-14-5-3-4-6-17(14)34-23/h3-9,21H,10-11H2,1-2H3,(H2,24,29)(H,26,30)/t21-/m1/s1. The number of hydrogen-bond donors (Lipinski definition) is 2. The van der Waals surface area contributed by atoms with Crippen LogP contribution >= 0.6 is 23.1 Å². The summed E-state index contributed by atoms with van der Waals surface area (Å²) in [5.74, 6) is 1.10. The molecule has 0 unspecified atom stereocenters. The van der Waals surface area contributed by atoms with Crippen LogP contribution in [0.1, 0.15) is 22.1 Å². The minimum Gasteiger partial charge on any atom is -0.493 e. The van der Waals surface area contributed by atoms with Crippen molar-refractivity contribution in [2.45, 2.75) is 12.2 Å². The minimum atomic E-state index is -0.572. The molecule has 1 atom stereocenters. The summed E-state index contributed by atoms with van der Waals surface area (Å²) in [5, 5.41) is 8.28. The molecule has 9 nitrogen and oxygen atoms in total. The van der Waals surface area contributed by atoms with Gasteiger partial charge in [0.15, 0.2) is 18.1 Å². The fourth-order valence-corrected chi connectivity index (χ4v) is 5.95. The fourth-order valence-electron chi connectivity index (χ4n) is 3.85. The van der Waals surface area contributed by atoms with Gasteiger partial charge in [-0.15, -0.1) is 11.8 Å². The predicted molar refractivity (Wildman–Crippen MR) is 132 cm³/mol. The number of anilines is 1. The van der Waals surface area contributed by atoms with Crippen molar-refractivity contribution < 1.29 is 19.1 Å². The highest BCUT2D eigenvalue weighted by Crippen LogP contribution is 2.46. The van der Waals surface area contributed by atoms with Gasteiger partial charge in [-0.25, -0.2) is 4.98 Å². The molecule has 174 valence electrons. The summed E-state index contributed by atoms with van der Waals surface area (Å²) in [6.07, 6.45) is 0. The summed E-state index contributed by atoms with van der Waals surface area (Å²) in [6.45, 7) is 1.68. The van der Waals surface area contributed by atoms with Gasteiger partial charge >= 0.3 is 0 Å². The quantitative estimate of drug-likeness (QED) is 0.420. The van der Waals surface area contributed by atoms with Crippen LogP contribution in [0.3, 0.4) is 0 Å². The Kier molecular flexibility index (Phi) is 5.88. The number of aromatic nitrogens is 3. The van der Waals surface area contributed by atoms with Crippen molar-refractivity contribution in [1.82, 2.24) is 14.8 Å². The first-order chi connectivity index (χ1) is 16.4. The van der Waals surface area contributed by atoms with E-state index in [1.54, 1.807) is 10.7 Å². The number of thiazole rings is 1. The van der Waals surface area contributed by atoms with Gasteiger partial charge in [-0.3, -0.25) is 9.59 Å². The summed E-state index contributed by atoms with van der Waals surface area (Å²) >= 11 is 3.02. The molecule has 0 saturated heterocycles. The summed E-state index contributed by atoms with van der Waals surface area (Å²) in [6, 6.07) is 13.4. The lowest BCUT2D eigenvalue weighted by atomic mass is 10.0. The number of carbonyl (C=O) groups excluding carboxylic acids is 2. The number of primary amides is 1. The van der Waals surface area contributed by atoms with Crippen molar-refractivity contribution in [3.05, 3.63) is 59.3 Å². The van der Waals surface area contributed by atoms with E-state index in [4.69, 9.17) is 25.3 Å². The van der Waals surface area contributed by atoms with Crippen LogP contribution in [0.5, 0.6) is 11.5 Å². The first-order valence-corrected chi connectivity index (χ1v) is 12.3. The maximum atomic E-state index is 12.6. The van der Waals surface area contributed by atoms with Crippen LogP contribution in [0, 0.1) is 6.92 Å². The van der Waals surface area contributed by atoms with Crippen LogP contribution in [0.15, 0.2) is 42.5 Å². The first-order valence-electron chi connectivity index (χ1n) is 10.4. The predicted octanol–water partition coefficient (Wildman–Crippen LogP) is 3.44. The van der Waals surface area contributed by atoms with E-state index in [0.29, 0.717) is 22.4 Å². The van der Waals surface area contributed by atoms with Gasteiger partial charge in [0.2, 0.25) is 11.0 Å². The number of benzene rings is 2. The number of carbonyl (C=O) groups is 2. The minimum absolute atomic E-state index is 0.107. The number of rotatable bonds is 6. The Balaban J connectivity index is 1.59. The summed E-state index contributed by atoms with van der Waals surface area (Å²) < 4.78 is 13.7. The topological polar surface area (TPSA) is 121 Å². The van der Waals surface area contributed by atoms with Gasteiger partial charge in [-0.05, 0) is 36.8 Å². The zero-order valence-electron chi connectivity index (χ0n) is 18.4. The van der Waals surface area contributed by atoms with Crippen LogP contribution in [-0.4, -0.2) is 46.0 Å². The molecule has 2 aromatic heterocycles. The normalized spacial score (nSPS) is 15.5. The maximum absolute atomic E-state index is 12.6. The number of para-hydroxylation sites is 1. The van der Waals surface area contributed by atoms with Gasteiger partial charge in [0, 0.05) is 5.56 Å². The third kappa shape index (κ3) is 4.08. The second kappa shape index (κ2) is 8.99. The van der Waals surface area contributed by atoms with Crippen LogP contribution in [0.2, 0.25) is 0 Å². The highest BCUT2D eigenvalue weighted by Gasteiger charge is 2.32. The molecule has 2 amide bonds. The SMILES string of the molecule is COc1cc([C@H]2SCC(=O)Nc3c2c(C)nn3-c2nc3ccccc3s2)ccc1OCC(N)=O. The molecule has 2 aromatic carbocycles. The molecule has 0 radical (unpaired) electrons. The van der Waals surface area contributed by atoms with E-state index in [-0.39, 0.29) is 23.5 Å². The van der Waals surface area contributed by atoms with E-state index >= 15 is 0 Å². The Bertz CT molecular complexity index is 1380. The van der Waals surface area contributed by atoms with E-state index in [9.17, 15) is 9.59 Å². The number of aryl methyl sites for hydroxylation is 1. The Hall–Kier alpha value is -3.57. The van der Waals surface area contributed by atoms with Gasteiger partial charge in [0.25, 0.3) is 5.91 Å². The second-order valence-electron chi connectivity index (χ2n) is 7.63. The van der Waals surface area contributed by atoms with Gasteiger partial charge in [0.05, 0.1) is 34.0 Å². The van der Waals surface area contributed by atoms with Crippen LogP contribution in [0.4, 0.5) is 5.82 Å². The van der Waals surface area contributed by atoms with Crippen molar-refractivity contribution in [2.75, 3.05) is 24.8 Å². The number of methoxy groups -OCH3 is 1. The summed E-state index contributed by atoms with van der Waals surface area (Å²) in [4.78, 5) is 28.5. The van der Waals surface area contributed by atoms with Crippen molar-refractivity contribution >= 4 is 50.9 Å². The number of nitrogens with one attached hydrogen (secondary N) is 1. The number of fused-ring (bicyclic) bond motifs is 2. The van der Waals surface area contributed by atoms with Crippen LogP contribution in [0.25, 0.3) is 15.3 Å². The number of thioether (sulfide) groups is 1. The molecule has 1 aliphatic rings. The molecular formula is C23H21N5O4S2. The molecule has 0 spiro atoms. The fraction of sp³-hybridized carbons (Fsp3) is 0.217. The summed E-state index contributed by atoms with van der Waals surface area (Å²) in [7, 11) is 1.53. The van der Waals surface area contributed by atoms with E-state index in [0.717, 1.165) is 27.0 Å². The molecule has 1 aliphatic heterocycles. The van der Waals surface area contributed by atoms with Crippen molar-refractivity contribution in [2.24, 2.45) is 5.73 Å². The lowest BCUT2D eigenvalue weighted by Gasteiger charge is -2.18. The third-order valence-electron chi connectivity index (χ3n) is 5.33. The van der Waals surface area contributed by atoms with Gasteiger partial charge in [-0.2, -0.15) is 9.78 Å². The molecule has 34 heavy (non-hydrogen) atoms. The Morgan fingerprint density at radius 1 is 1.26 bits per heavy atom. The Labute approximate surface area is 203 Å². The van der Waals surface area contributed by atoms with Gasteiger partial charge < -0.3 is 20.5 Å². The average Bonchev–Trinajstić information content (AvgIpc) is 3.33. The maximum Gasteiger partial charge on any atom is 0.255 e. The Morgan fingerprint density at radius 3 is 2.85 bits per heavy atom. The molecule has 3 N–H and O–H groups in total. The molecule has 0 saturated carbocycles. The average molecular weight is 496 g/mol. The number of nitrogens with two attached hydrogens (primary N) is 1.